The first-order chi connectivity index (χ1) is 11.6. The van der Waals surface area contributed by atoms with Crippen LogP contribution in [-0.4, -0.2) is 51.0 Å². The molecule has 7 heteroatoms. The highest BCUT2D eigenvalue weighted by atomic mass is 16.5. The highest BCUT2D eigenvalue weighted by Gasteiger charge is 2.30. The average molecular weight is 337 g/mol. The molecule has 1 amide bonds. The van der Waals surface area contributed by atoms with Crippen molar-refractivity contribution in [2.75, 3.05) is 34.0 Å². The van der Waals surface area contributed by atoms with Crippen LogP contribution in [0.5, 0.6) is 11.5 Å². The molecule has 1 saturated heterocycles. The maximum atomic E-state index is 12.4. The smallest absolute Gasteiger partial charge is 0.308 e. The maximum Gasteiger partial charge on any atom is 0.308 e. The van der Waals surface area contributed by atoms with Gasteiger partial charge in [0.15, 0.2) is 0 Å². The van der Waals surface area contributed by atoms with Crippen molar-refractivity contribution in [2.45, 2.75) is 12.8 Å². The minimum Gasteiger partial charge on any atom is -0.497 e. The zero-order chi connectivity index (χ0) is 17.5. The van der Waals surface area contributed by atoms with Crippen LogP contribution in [0.25, 0.3) is 0 Å². The Morgan fingerprint density at radius 2 is 2.00 bits per heavy atom. The number of aliphatic carboxylic acids is 1. The Hall–Kier alpha value is -2.28. The van der Waals surface area contributed by atoms with Gasteiger partial charge in [-0.25, -0.2) is 0 Å². The molecule has 1 heterocycles. The van der Waals surface area contributed by atoms with Gasteiger partial charge in [-0.05, 0) is 37.0 Å². The molecule has 1 aromatic carbocycles. The maximum absolute atomic E-state index is 12.4. The van der Waals surface area contributed by atoms with Crippen LogP contribution in [-0.2, 0) is 9.53 Å². The normalized spacial score (nSPS) is 16.2. The summed E-state index contributed by atoms with van der Waals surface area (Å²) in [5, 5.41) is 12.2. The molecule has 0 aliphatic carbocycles. The van der Waals surface area contributed by atoms with Gasteiger partial charge in [-0.1, -0.05) is 0 Å². The quantitative estimate of drug-likeness (QED) is 0.784. The monoisotopic (exact) mass is 337 g/mol. The van der Waals surface area contributed by atoms with E-state index in [2.05, 4.69) is 5.32 Å². The van der Waals surface area contributed by atoms with E-state index in [0.29, 0.717) is 43.1 Å². The predicted octanol–water partition coefficient (Wildman–Crippen LogP) is 1.56. The first kappa shape index (κ1) is 18.1. The van der Waals surface area contributed by atoms with Gasteiger partial charge < -0.3 is 24.6 Å². The molecule has 0 radical (unpaired) electrons. The molecule has 1 aliphatic heterocycles. The fraction of sp³-hybridized carbons (Fsp3) is 0.529. The van der Waals surface area contributed by atoms with Gasteiger partial charge in [-0.15, -0.1) is 0 Å². The third-order valence-electron chi connectivity index (χ3n) is 4.29. The summed E-state index contributed by atoms with van der Waals surface area (Å²) in [6, 6.07) is 4.90. The second-order valence-electron chi connectivity index (χ2n) is 5.67. The molecule has 7 nitrogen and oxygen atoms in total. The Morgan fingerprint density at radius 1 is 1.29 bits per heavy atom. The predicted molar refractivity (Wildman–Crippen MR) is 86.5 cm³/mol. The molecule has 0 saturated carbocycles. The molecule has 0 aromatic heterocycles. The molecule has 1 fully saturated rings. The third kappa shape index (κ3) is 4.38. The van der Waals surface area contributed by atoms with Crippen LogP contribution in [0.15, 0.2) is 18.2 Å². The Kier molecular flexibility index (Phi) is 6.43. The molecule has 132 valence electrons. The van der Waals surface area contributed by atoms with E-state index >= 15 is 0 Å². The second kappa shape index (κ2) is 8.54. The van der Waals surface area contributed by atoms with Crippen molar-refractivity contribution in [2.24, 2.45) is 11.8 Å². The highest BCUT2D eigenvalue weighted by Crippen LogP contribution is 2.26. The van der Waals surface area contributed by atoms with Crippen molar-refractivity contribution in [3.63, 3.8) is 0 Å². The van der Waals surface area contributed by atoms with E-state index < -0.39 is 11.9 Å². The lowest BCUT2D eigenvalue weighted by Crippen LogP contribution is -2.39. The molecular weight excluding hydrogens is 314 g/mol. The largest absolute Gasteiger partial charge is 0.497 e. The number of benzene rings is 1. The highest BCUT2D eigenvalue weighted by molar-refractivity contribution is 5.97. The first-order valence-corrected chi connectivity index (χ1v) is 7.87. The number of rotatable bonds is 7. The molecule has 2 N–H and O–H groups in total. The van der Waals surface area contributed by atoms with Crippen LogP contribution in [0.2, 0.25) is 0 Å². The number of methoxy groups -OCH3 is 2. The van der Waals surface area contributed by atoms with Gasteiger partial charge in [0.05, 0.1) is 25.7 Å². The van der Waals surface area contributed by atoms with Gasteiger partial charge in [-0.3, -0.25) is 9.59 Å². The van der Waals surface area contributed by atoms with Crippen LogP contribution in [0.3, 0.4) is 0 Å². The first-order valence-electron chi connectivity index (χ1n) is 7.87. The number of hydrogen-bond donors (Lipinski definition) is 2. The Balaban J connectivity index is 2.06. The van der Waals surface area contributed by atoms with E-state index in [0.717, 1.165) is 0 Å². The Bertz CT molecular complexity index is 582. The summed E-state index contributed by atoms with van der Waals surface area (Å²) in [5.74, 6) is -0.978. The molecule has 0 spiro atoms. The summed E-state index contributed by atoms with van der Waals surface area (Å²) in [6.45, 7) is 1.19. The van der Waals surface area contributed by atoms with Crippen molar-refractivity contribution in [3.05, 3.63) is 23.8 Å². The lowest BCUT2D eigenvalue weighted by atomic mass is 9.86. The third-order valence-corrected chi connectivity index (χ3v) is 4.29. The SMILES string of the molecule is COc1ccc(OC)c(C(=O)NCC(C(=O)O)C2CCOCC2)c1. The number of amides is 1. The van der Waals surface area contributed by atoms with Gasteiger partial charge in [0, 0.05) is 19.8 Å². The van der Waals surface area contributed by atoms with Crippen LogP contribution < -0.4 is 14.8 Å². The van der Waals surface area contributed by atoms with E-state index in [1.54, 1.807) is 18.2 Å². The van der Waals surface area contributed by atoms with Gasteiger partial charge >= 0.3 is 5.97 Å². The topological polar surface area (TPSA) is 94.1 Å². The summed E-state index contributed by atoms with van der Waals surface area (Å²) in [6.07, 6.45) is 1.38. The van der Waals surface area contributed by atoms with Gasteiger partial charge in [0.2, 0.25) is 0 Å². The van der Waals surface area contributed by atoms with Crippen LogP contribution in [0.1, 0.15) is 23.2 Å². The minimum absolute atomic E-state index is 0.00348. The van der Waals surface area contributed by atoms with Crippen molar-refractivity contribution < 1.29 is 28.9 Å². The van der Waals surface area contributed by atoms with Gasteiger partial charge in [-0.2, -0.15) is 0 Å². The Morgan fingerprint density at radius 3 is 2.58 bits per heavy atom. The number of carboxylic acid groups (broad SMARTS) is 1. The van der Waals surface area contributed by atoms with Crippen molar-refractivity contribution >= 4 is 11.9 Å². The zero-order valence-electron chi connectivity index (χ0n) is 13.9. The lowest BCUT2D eigenvalue weighted by Gasteiger charge is -2.27. The van der Waals surface area contributed by atoms with Crippen molar-refractivity contribution in [1.29, 1.82) is 0 Å². The molecule has 1 aromatic rings. The average Bonchev–Trinajstić information content (AvgIpc) is 2.61. The van der Waals surface area contributed by atoms with Gasteiger partial charge in [0.25, 0.3) is 5.91 Å². The molecule has 0 bridgehead atoms. The van der Waals surface area contributed by atoms with Crippen LogP contribution in [0, 0.1) is 11.8 Å². The minimum atomic E-state index is -0.903. The zero-order valence-corrected chi connectivity index (χ0v) is 13.9. The van der Waals surface area contributed by atoms with E-state index in [1.807, 2.05) is 0 Å². The molecule has 1 unspecified atom stereocenters. The second-order valence-corrected chi connectivity index (χ2v) is 5.67. The molecule has 1 atom stereocenters. The summed E-state index contributed by atoms with van der Waals surface area (Å²) < 4.78 is 15.6. The number of hydrogen-bond acceptors (Lipinski definition) is 5. The Labute approximate surface area is 140 Å². The lowest BCUT2D eigenvalue weighted by molar-refractivity contribution is -0.144. The number of carbonyl (C=O) groups excluding carboxylic acids is 1. The summed E-state index contributed by atoms with van der Waals surface area (Å²) >= 11 is 0. The van der Waals surface area contributed by atoms with E-state index in [4.69, 9.17) is 14.2 Å². The van der Waals surface area contributed by atoms with E-state index in [1.165, 1.54) is 14.2 Å². The summed E-state index contributed by atoms with van der Waals surface area (Å²) in [4.78, 5) is 24.0. The summed E-state index contributed by atoms with van der Waals surface area (Å²) in [7, 11) is 2.98. The number of carboxylic acids is 1. The molecule has 24 heavy (non-hydrogen) atoms. The number of nitrogens with one attached hydrogen (secondary N) is 1. The molecule has 1 aliphatic rings. The van der Waals surface area contributed by atoms with Crippen LogP contribution in [0.4, 0.5) is 0 Å². The molecule has 2 rings (SSSR count). The molecular formula is C17H23NO6. The number of ether oxygens (including phenoxy) is 3. The van der Waals surface area contributed by atoms with E-state index in [9.17, 15) is 14.7 Å². The fourth-order valence-electron chi connectivity index (χ4n) is 2.86. The standard InChI is InChI=1S/C17H23NO6/c1-22-12-3-4-15(23-2)13(9-12)16(19)18-10-14(17(20)21)11-5-7-24-8-6-11/h3-4,9,11,14H,5-8,10H2,1-2H3,(H,18,19)(H,20,21). The van der Waals surface area contributed by atoms with Crippen molar-refractivity contribution in [1.82, 2.24) is 5.32 Å². The van der Waals surface area contributed by atoms with Crippen molar-refractivity contribution in [3.8, 4) is 11.5 Å². The van der Waals surface area contributed by atoms with Gasteiger partial charge in [0.1, 0.15) is 11.5 Å². The van der Waals surface area contributed by atoms with Crippen LogP contribution >= 0.6 is 0 Å². The summed E-state index contributed by atoms with van der Waals surface area (Å²) in [5.41, 5.74) is 0.313. The van der Waals surface area contributed by atoms with E-state index in [-0.39, 0.29) is 18.4 Å². The fourth-order valence-corrected chi connectivity index (χ4v) is 2.86. The number of carbonyl (C=O) groups is 2.